The summed E-state index contributed by atoms with van der Waals surface area (Å²) in [5, 5.41) is 0. The van der Waals surface area contributed by atoms with Gasteiger partial charge in [-0.15, -0.1) is 0 Å². The van der Waals surface area contributed by atoms with E-state index in [1.54, 1.807) is 21.3 Å². The summed E-state index contributed by atoms with van der Waals surface area (Å²) < 4.78 is 21.9. The molecule has 0 saturated heterocycles. The molecule has 0 radical (unpaired) electrons. The first-order valence-corrected chi connectivity index (χ1v) is 7.13. The minimum absolute atomic E-state index is 0.474. The van der Waals surface area contributed by atoms with E-state index in [9.17, 15) is 0 Å². The van der Waals surface area contributed by atoms with Crippen molar-refractivity contribution in [3.8, 4) is 11.5 Å². The van der Waals surface area contributed by atoms with Crippen molar-refractivity contribution < 1.29 is 18.9 Å². The maximum atomic E-state index is 6.12. The number of rotatable bonds is 8. The van der Waals surface area contributed by atoms with Crippen LogP contribution in [-0.2, 0) is 34.0 Å². The zero-order valence-electron chi connectivity index (χ0n) is 13.3. The Morgan fingerprint density at radius 3 is 1.95 bits per heavy atom. The minimum atomic E-state index is 0.474. The van der Waals surface area contributed by atoms with E-state index in [0.717, 1.165) is 28.2 Å². The summed E-state index contributed by atoms with van der Waals surface area (Å²) in [6.07, 6.45) is 0. The Labute approximate surface area is 131 Å². The molecule has 0 bridgehead atoms. The molecule has 0 fully saturated rings. The number of hydrogen-bond donors (Lipinski definition) is 0. The predicted molar refractivity (Wildman–Crippen MR) is 85.1 cm³/mol. The van der Waals surface area contributed by atoms with Crippen LogP contribution in [0, 0.1) is 0 Å². The van der Waals surface area contributed by atoms with Gasteiger partial charge in [-0.2, -0.15) is 0 Å². The highest BCUT2D eigenvalue weighted by atomic mass is 16.5. The summed E-state index contributed by atoms with van der Waals surface area (Å²) in [6, 6.07) is 13.8. The summed E-state index contributed by atoms with van der Waals surface area (Å²) in [5.41, 5.74) is 3.07. The molecule has 0 N–H and O–H groups in total. The van der Waals surface area contributed by atoms with Crippen molar-refractivity contribution in [2.24, 2.45) is 0 Å². The topological polar surface area (TPSA) is 36.9 Å². The number of ether oxygens (including phenoxy) is 4. The molecule has 0 aliphatic carbocycles. The van der Waals surface area contributed by atoms with Crippen LogP contribution in [-0.4, -0.2) is 21.3 Å². The standard InChI is InChI=1S/C18H22O4/c1-19-11-14-8-6-10-18(16(14)13-21-3)22-17-9-5-4-7-15(17)12-20-2/h4-10H,11-13H2,1-3H3. The summed E-state index contributed by atoms with van der Waals surface area (Å²) in [4.78, 5) is 0. The first-order chi connectivity index (χ1) is 10.8. The highest BCUT2D eigenvalue weighted by Gasteiger charge is 2.12. The van der Waals surface area contributed by atoms with E-state index in [2.05, 4.69) is 0 Å². The third-order valence-electron chi connectivity index (χ3n) is 3.31. The van der Waals surface area contributed by atoms with Gasteiger partial charge in [-0.05, 0) is 17.7 Å². The molecule has 4 heteroatoms. The molecule has 2 aromatic carbocycles. The molecule has 0 spiro atoms. The van der Waals surface area contributed by atoms with Gasteiger partial charge in [-0.3, -0.25) is 0 Å². The van der Waals surface area contributed by atoms with Crippen molar-refractivity contribution in [3.05, 3.63) is 59.2 Å². The second-order valence-electron chi connectivity index (χ2n) is 4.90. The van der Waals surface area contributed by atoms with Gasteiger partial charge in [0.05, 0.1) is 19.8 Å². The Morgan fingerprint density at radius 2 is 1.23 bits per heavy atom. The number of hydrogen-bond acceptors (Lipinski definition) is 4. The van der Waals surface area contributed by atoms with Crippen LogP contribution >= 0.6 is 0 Å². The van der Waals surface area contributed by atoms with Crippen LogP contribution < -0.4 is 4.74 Å². The normalized spacial score (nSPS) is 10.7. The fourth-order valence-corrected chi connectivity index (χ4v) is 2.30. The minimum Gasteiger partial charge on any atom is -0.457 e. The summed E-state index contributed by atoms with van der Waals surface area (Å²) in [5.74, 6) is 1.57. The van der Waals surface area contributed by atoms with Crippen LogP contribution in [0.1, 0.15) is 16.7 Å². The van der Waals surface area contributed by atoms with Gasteiger partial charge < -0.3 is 18.9 Å². The summed E-state index contributed by atoms with van der Waals surface area (Å²) in [7, 11) is 5.02. The van der Waals surface area contributed by atoms with Gasteiger partial charge >= 0.3 is 0 Å². The quantitative estimate of drug-likeness (QED) is 0.740. The van der Waals surface area contributed by atoms with E-state index in [-0.39, 0.29) is 0 Å². The van der Waals surface area contributed by atoms with Gasteiger partial charge in [0.1, 0.15) is 11.5 Å². The Balaban J connectivity index is 2.34. The number of methoxy groups -OCH3 is 3. The van der Waals surface area contributed by atoms with Gasteiger partial charge in [-0.25, -0.2) is 0 Å². The van der Waals surface area contributed by atoms with Crippen molar-refractivity contribution in [3.63, 3.8) is 0 Å². The molecular weight excluding hydrogens is 280 g/mol. The molecule has 4 nitrogen and oxygen atoms in total. The molecule has 22 heavy (non-hydrogen) atoms. The third-order valence-corrected chi connectivity index (χ3v) is 3.31. The molecule has 0 saturated carbocycles. The molecule has 0 amide bonds. The second kappa shape index (κ2) is 8.54. The van der Waals surface area contributed by atoms with Crippen molar-refractivity contribution in [1.29, 1.82) is 0 Å². The predicted octanol–water partition coefficient (Wildman–Crippen LogP) is 3.92. The van der Waals surface area contributed by atoms with Gasteiger partial charge in [0.2, 0.25) is 0 Å². The molecule has 0 heterocycles. The Hall–Kier alpha value is -1.88. The largest absolute Gasteiger partial charge is 0.457 e. The lowest BCUT2D eigenvalue weighted by molar-refractivity contribution is 0.166. The summed E-state index contributed by atoms with van der Waals surface area (Å²) >= 11 is 0. The SMILES string of the molecule is COCc1ccccc1Oc1cccc(COC)c1COC. The Kier molecular flexibility index (Phi) is 6.40. The van der Waals surface area contributed by atoms with Crippen molar-refractivity contribution in [2.45, 2.75) is 19.8 Å². The smallest absolute Gasteiger partial charge is 0.133 e. The number of benzene rings is 2. The van der Waals surface area contributed by atoms with Gasteiger partial charge in [0.25, 0.3) is 0 Å². The van der Waals surface area contributed by atoms with Crippen LogP contribution in [0.5, 0.6) is 11.5 Å². The zero-order valence-corrected chi connectivity index (χ0v) is 13.3. The monoisotopic (exact) mass is 302 g/mol. The first-order valence-electron chi connectivity index (χ1n) is 7.13. The Morgan fingerprint density at radius 1 is 0.636 bits per heavy atom. The van der Waals surface area contributed by atoms with E-state index in [0.29, 0.717) is 19.8 Å². The lowest BCUT2D eigenvalue weighted by atomic mass is 10.1. The molecule has 118 valence electrons. The molecule has 0 unspecified atom stereocenters. The highest BCUT2D eigenvalue weighted by molar-refractivity contribution is 5.44. The molecule has 0 aliphatic heterocycles. The van der Waals surface area contributed by atoms with E-state index in [1.165, 1.54) is 0 Å². The fraction of sp³-hybridized carbons (Fsp3) is 0.333. The molecule has 2 rings (SSSR count). The molecule has 0 aromatic heterocycles. The highest BCUT2D eigenvalue weighted by Crippen LogP contribution is 2.31. The van der Waals surface area contributed by atoms with Crippen LogP contribution in [0.3, 0.4) is 0 Å². The first kappa shape index (κ1) is 16.5. The third kappa shape index (κ3) is 4.07. The molecule has 0 aliphatic rings. The van der Waals surface area contributed by atoms with Crippen molar-refractivity contribution in [1.82, 2.24) is 0 Å². The van der Waals surface area contributed by atoms with E-state index >= 15 is 0 Å². The van der Waals surface area contributed by atoms with Crippen LogP contribution in [0.4, 0.5) is 0 Å². The van der Waals surface area contributed by atoms with Gasteiger partial charge in [0, 0.05) is 32.5 Å². The molecule has 2 aromatic rings. The number of para-hydroxylation sites is 1. The second-order valence-corrected chi connectivity index (χ2v) is 4.90. The fourth-order valence-electron chi connectivity index (χ4n) is 2.30. The lowest BCUT2D eigenvalue weighted by Crippen LogP contribution is -2.02. The molecular formula is C18H22O4. The van der Waals surface area contributed by atoms with Crippen LogP contribution in [0.25, 0.3) is 0 Å². The average molecular weight is 302 g/mol. The zero-order chi connectivity index (χ0) is 15.8. The van der Waals surface area contributed by atoms with Crippen LogP contribution in [0.15, 0.2) is 42.5 Å². The summed E-state index contributed by atoms with van der Waals surface area (Å²) in [6.45, 7) is 1.50. The maximum Gasteiger partial charge on any atom is 0.133 e. The Bertz CT molecular complexity index is 595. The molecule has 0 atom stereocenters. The van der Waals surface area contributed by atoms with Crippen molar-refractivity contribution >= 4 is 0 Å². The van der Waals surface area contributed by atoms with Gasteiger partial charge in [-0.1, -0.05) is 30.3 Å². The van der Waals surface area contributed by atoms with E-state index in [4.69, 9.17) is 18.9 Å². The maximum absolute atomic E-state index is 6.12. The van der Waals surface area contributed by atoms with Gasteiger partial charge in [0.15, 0.2) is 0 Å². The lowest BCUT2D eigenvalue weighted by Gasteiger charge is -2.16. The van der Waals surface area contributed by atoms with E-state index in [1.807, 2.05) is 42.5 Å². The average Bonchev–Trinajstić information content (AvgIpc) is 2.53. The van der Waals surface area contributed by atoms with Crippen LogP contribution in [0.2, 0.25) is 0 Å². The van der Waals surface area contributed by atoms with Crippen molar-refractivity contribution in [2.75, 3.05) is 21.3 Å². The van der Waals surface area contributed by atoms with E-state index < -0.39 is 0 Å².